The highest BCUT2D eigenvalue weighted by Crippen LogP contribution is 2.33. The quantitative estimate of drug-likeness (QED) is 0.546. The van der Waals surface area contributed by atoms with Crippen LogP contribution in [0, 0.1) is 5.41 Å². The van der Waals surface area contributed by atoms with E-state index in [4.69, 9.17) is 4.74 Å². The van der Waals surface area contributed by atoms with E-state index in [-0.39, 0.29) is 12.4 Å². The fraction of sp³-hybridized carbons (Fsp3) is 0.667. The predicted octanol–water partition coefficient (Wildman–Crippen LogP) is 2.09. The van der Waals surface area contributed by atoms with E-state index < -0.39 is 11.4 Å². The van der Waals surface area contributed by atoms with Gasteiger partial charge in [0.2, 0.25) is 0 Å². The maximum Gasteiger partial charge on any atom is 0.334 e. The van der Waals surface area contributed by atoms with Crippen LogP contribution in [0.3, 0.4) is 0 Å². The molecule has 4 heteroatoms. The molecule has 0 saturated heterocycles. The Morgan fingerprint density at radius 1 is 1.06 bits per heavy atom. The van der Waals surface area contributed by atoms with Crippen molar-refractivity contribution in [1.29, 1.82) is 0 Å². The highest BCUT2D eigenvalue weighted by molar-refractivity contribution is 5.91. The molecular formula is C12H20O4. The first-order chi connectivity index (χ1) is 7.26. The minimum absolute atomic E-state index is 0.152. The number of esters is 2. The molecule has 0 bridgehead atoms. The van der Waals surface area contributed by atoms with Gasteiger partial charge in [-0.1, -0.05) is 19.4 Å². The van der Waals surface area contributed by atoms with E-state index in [2.05, 4.69) is 4.74 Å². The van der Waals surface area contributed by atoms with Crippen molar-refractivity contribution in [2.45, 2.75) is 34.1 Å². The van der Waals surface area contributed by atoms with Crippen molar-refractivity contribution >= 4 is 11.9 Å². The molecule has 0 saturated carbocycles. The lowest BCUT2D eigenvalue weighted by Crippen LogP contribution is -2.27. The Bertz CT molecular complexity index is 309. The Hall–Kier alpha value is -1.32. The molecule has 0 aliphatic carbocycles. The molecule has 0 rings (SSSR count). The Balaban J connectivity index is 5.15. The lowest BCUT2D eigenvalue weighted by atomic mass is 9.79. The number of hydrogen-bond donors (Lipinski definition) is 0. The van der Waals surface area contributed by atoms with Gasteiger partial charge in [0.15, 0.2) is 0 Å². The molecular weight excluding hydrogens is 208 g/mol. The molecule has 4 nitrogen and oxygen atoms in total. The van der Waals surface area contributed by atoms with E-state index in [9.17, 15) is 9.59 Å². The van der Waals surface area contributed by atoms with E-state index in [0.717, 1.165) is 5.57 Å². The second-order valence-electron chi connectivity index (χ2n) is 4.50. The Kier molecular flexibility index (Phi) is 5.21. The number of methoxy groups -OCH3 is 2. The van der Waals surface area contributed by atoms with Crippen LogP contribution in [-0.4, -0.2) is 26.2 Å². The smallest absolute Gasteiger partial charge is 0.334 e. The van der Waals surface area contributed by atoms with Gasteiger partial charge in [-0.3, -0.25) is 4.79 Å². The molecule has 0 radical (unpaired) electrons. The summed E-state index contributed by atoms with van der Waals surface area (Å²) < 4.78 is 9.34. The first-order valence-corrected chi connectivity index (χ1v) is 5.09. The maximum absolute atomic E-state index is 11.6. The van der Waals surface area contributed by atoms with Crippen LogP contribution in [0.5, 0.6) is 0 Å². The maximum atomic E-state index is 11.6. The lowest BCUT2D eigenvalue weighted by Gasteiger charge is -2.26. The third-order valence-electron chi connectivity index (χ3n) is 2.38. The van der Waals surface area contributed by atoms with Crippen molar-refractivity contribution in [2.24, 2.45) is 5.41 Å². The molecule has 0 unspecified atom stereocenters. The topological polar surface area (TPSA) is 52.6 Å². The summed E-state index contributed by atoms with van der Waals surface area (Å²) in [6, 6.07) is 0. The van der Waals surface area contributed by atoms with Crippen LogP contribution >= 0.6 is 0 Å². The van der Waals surface area contributed by atoms with Gasteiger partial charge in [-0.2, -0.15) is 0 Å². The molecule has 0 atom stereocenters. The number of allylic oxidation sites excluding steroid dienone is 1. The summed E-state index contributed by atoms with van der Waals surface area (Å²) in [5.74, 6) is -0.735. The third kappa shape index (κ3) is 3.68. The van der Waals surface area contributed by atoms with Crippen molar-refractivity contribution in [3.05, 3.63) is 11.1 Å². The molecule has 0 aromatic heterocycles. The van der Waals surface area contributed by atoms with E-state index in [0.29, 0.717) is 5.57 Å². The molecule has 0 aromatic rings. The van der Waals surface area contributed by atoms with Crippen molar-refractivity contribution in [3.8, 4) is 0 Å². The van der Waals surface area contributed by atoms with Gasteiger partial charge in [0.25, 0.3) is 0 Å². The second kappa shape index (κ2) is 5.68. The largest absolute Gasteiger partial charge is 0.469 e. The molecule has 92 valence electrons. The molecule has 16 heavy (non-hydrogen) atoms. The first kappa shape index (κ1) is 14.7. The summed E-state index contributed by atoms with van der Waals surface area (Å²) in [5.41, 5.74) is 0.792. The highest BCUT2D eigenvalue weighted by Gasteiger charge is 2.33. The zero-order valence-corrected chi connectivity index (χ0v) is 10.8. The average molecular weight is 228 g/mol. The summed E-state index contributed by atoms with van der Waals surface area (Å²) in [4.78, 5) is 22.9. The van der Waals surface area contributed by atoms with E-state index >= 15 is 0 Å². The molecule has 0 spiro atoms. The molecule has 0 N–H and O–H groups in total. The van der Waals surface area contributed by atoms with Gasteiger partial charge in [0, 0.05) is 11.0 Å². The zero-order valence-electron chi connectivity index (χ0n) is 10.8. The Labute approximate surface area is 96.6 Å². The summed E-state index contributed by atoms with van der Waals surface area (Å²) in [6.45, 7) is 7.29. The van der Waals surface area contributed by atoms with Crippen LogP contribution in [0.1, 0.15) is 34.1 Å². The van der Waals surface area contributed by atoms with Crippen molar-refractivity contribution in [2.75, 3.05) is 14.2 Å². The summed E-state index contributed by atoms with van der Waals surface area (Å²) in [7, 11) is 2.66. The van der Waals surface area contributed by atoms with Gasteiger partial charge >= 0.3 is 11.9 Å². The minimum Gasteiger partial charge on any atom is -0.469 e. The zero-order chi connectivity index (χ0) is 12.9. The number of carbonyl (C=O) groups excluding carboxylic acids is 2. The first-order valence-electron chi connectivity index (χ1n) is 5.09. The van der Waals surface area contributed by atoms with Gasteiger partial charge in [-0.05, 0) is 13.8 Å². The Morgan fingerprint density at radius 3 is 1.88 bits per heavy atom. The van der Waals surface area contributed by atoms with Gasteiger partial charge in [0.1, 0.15) is 0 Å². The van der Waals surface area contributed by atoms with Crippen molar-refractivity contribution < 1.29 is 19.1 Å². The van der Waals surface area contributed by atoms with Crippen LogP contribution in [0.4, 0.5) is 0 Å². The molecule has 0 aromatic carbocycles. The standard InChI is InChI=1S/C12H20O4/c1-8(2)10(11(14)16-6)12(3,4)7-9(13)15-5/h7H2,1-6H3. The van der Waals surface area contributed by atoms with Crippen LogP contribution in [0.15, 0.2) is 11.1 Å². The van der Waals surface area contributed by atoms with Crippen LogP contribution in [0.2, 0.25) is 0 Å². The van der Waals surface area contributed by atoms with Crippen molar-refractivity contribution in [1.82, 2.24) is 0 Å². The van der Waals surface area contributed by atoms with Gasteiger partial charge in [-0.15, -0.1) is 0 Å². The summed E-state index contributed by atoms with van der Waals surface area (Å²) in [6.07, 6.45) is 0.152. The van der Waals surface area contributed by atoms with E-state index in [1.165, 1.54) is 14.2 Å². The average Bonchev–Trinajstić information content (AvgIpc) is 2.15. The SMILES string of the molecule is COC(=O)CC(C)(C)C(C(=O)OC)=C(C)C. The molecule has 0 amide bonds. The van der Waals surface area contributed by atoms with Gasteiger partial charge < -0.3 is 9.47 Å². The second-order valence-corrected chi connectivity index (χ2v) is 4.50. The van der Waals surface area contributed by atoms with Crippen molar-refractivity contribution in [3.63, 3.8) is 0 Å². The lowest BCUT2D eigenvalue weighted by molar-refractivity contribution is -0.143. The normalized spacial score (nSPS) is 10.6. The number of hydrogen-bond acceptors (Lipinski definition) is 4. The molecule has 0 fully saturated rings. The molecule has 0 aliphatic heterocycles. The number of rotatable bonds is 4. The number of ether oxygens (including phenoxy) is 2. The van der Waals surface area contributed by atoms with Crippen LogP contribution in [-0.2, 0) is 19.1 Å². The van der Waals surface area contributed by atoms with E-state index in [1.54, 1.807) is 0 Å². The highest BCUT2D eigenvalue weighted by atomic mass is 16.5. The number of carbonyl (C=O) groups is 2. The fourth-order valence-electron chi connectivity index (χ4n) is 1.78. The monoisotopic (exact) mass is 228 g/mol. The van der Waals surface area contributed by atoms with E-state index in [1.807, 2.05) is 27.7 Å². The van der Waals surface area contributed by atoms with Gasteiger partial charge in [0.05, 0.1) is 20.6 Å². The third-order valence-corrected chi connectivity index (χ3v) is 2.38. The predicted molar refractivity (Wildman–Crippen MR) is 60.8 cm³/mol. The molecule has 0 heterocycles. The fourth-order valence-corrected chi connectivity index (χ4v) is 1.78. The van der Waals surface area contributed by atoms with Gasteiger partial charge in [-0.25, -0.2) is 4.79 Å². The summed E-state index contributed by atoms with van der Waals surface area (Å²) >= 11 is 0. The van der Waals surface area contributed by atoms with Crippen LogP contribution < -0.4 is 0 Å². The van der Waals surface area contributed by atoms with Crippen LogP contribution in [0.25, 0.3) is 0 Å². The molecule has 0 aliphatic rings. The summed E-state index contributed by atoms with van der Waals surface area (Å²) in [5, 5.41) is 0. The Morgan fingerprint density at radius 2 is 1.56 bits per heavy atom. The minimum atomic E-state index is -0.584.